The lowest BCUT2D eigenvalue weighted by molar-refractivity contribution is 0.0303. The molecule has 0 saturated carbocycles. The molecule has 0 radical (unpaired) electrons. The van der Waals surface area contributed by atoms with Crippen molar-refractivity contribution in [2.75, 3.05) is 26.3 Å². The van der Waals surface area contributed by atoms with Gasteiger partial charge in [-0.1, -0.05) is 18.1 Å². The third kappa shape index (κ3) is 4.65. The van der Waals surface area contributed by atoms with E-state index in [0.29, 0.717) is 54.7 Å². The number of carbonyl (C=O) groups is 1. The number of pyridine rings is 1. The molecule has 8 heteroatoms. The fourth-order valence-electron chi connectivity index (χ4n) is 3.68. The van der Waals surface area contributed by atoms with Gasteiger partial charge in [-0.25, -0.2) is 9.97 Å². The van der Waals surface area contributed by atoms with Gasteiger partial charge in [0.1, 0.15) is 17.2 Å². The van der Waals surface area contributed by atoms with Crippen LogP contribution in [0.1, 0.15) is 33.0 Å². The summed E-state index contributed by atoms with van der Waals surface area (Å²) < 4.78 is 5.30. The van der Waals surface area contributed by atoms with Crippen molar-refractivity contribution in [1.29, 1.82) is 5.41 Å². The molecule has 168 valence electrons. The molecule has 5 rings (SSSR count). The molecule has 0 spiro atoms. The highest BCUT2D eigenvalue weighted by molar-refractivity contribution is 6.09. The topological polar surface area (TPSA) is 111 Å². The molecule has 3 N–H and O–H groups in total. The average Bonchev–Trinajstić information content (AvgIpc) is 3.53. The van der Waals surface area contributed by atoms with Crippen LogP contribution in [0, 0.1) is 17.3 Å². The van der Waals surface area contributed by atoms with Crippen LogP contribution in [0.3, 0.4) is 0 Å². The maximum Gasteiger partial charge on any atom is 0.254 e. The highest BCUT2D eigenvalue weighted by atomic mass is 16.5. The summed E-state index contributed by atoms with van der Waals surface area (Å²) in [5, 5.41) is 9.31. The number of aromatic amines is 2. The summed E-state index contributed by atoms with van der Waals surface area (Å²) in [4.78, 5) is 29.2. The molecule has 4 aromatic rings. The number of nitrogens with one attached hydrogen (secondary N) is 3. The summed E-state index contributed by atoms with van der Waals surface area (Å²) in [6, 6.07) is 10.9. The number of carbonyl (C=O) groups excluding carboxylic acids is 1. The summed E-state index contributed by atoms with van der Waals surface area (Å²) in [7, 11) is 0. The van der Waals surface area contributed by atoms with Crippen LogP contribution in [0.25, 0.3) is 17.1 Å². The van der Waals surface area contributed by atoms with E-state index in [1.807, 2.05) is 18.3 Å². The molecule has 0 atom stereocenters. The van der Waals surface area contributed by atoms with Gasteiger partial charge in [0.15, 0.2) is 0 Å². The minimum atomic E-state index is -0.00922. The molecule has 0 unspecified atom stereocenters. The normalized spacial score (nSPS) is 13.7. The van der Waals surface area contributed by atoms with E-state index in [4.69, 9.17) is 10.1 Å². The molecule has 34 heavy (non-hydrogen) atoms. The Hall–Kier alpha value is -4.48. The van der Waals surface area contributed by atoms with Crippen molar-refractivity contribution in [2.24, 2.45) is 0 Å². The van der Waals surface area contributed by atoms with E-state index in [1.165, 1.54) is 0 Å². The monoisotopic (exact) mass is 450 g/mol. The number of ether oxygens (including phenoxy) is 1. The molecular weight excluding hydrogens is 428 g/mol. The molecule has 0 bridgehead atoms. The summed E-state index contributed by atoms with van der Waals surface area (Å²) in [5.41, 5.74) is 4.00. The number of hydrogen-bond donors (Lipinski definition) is 3. The maximum absolute atomic E-state index is 12.6. The summed E-state index contributed by atoms with van der Waals surface area (Å²) in [6.45, 7) is 2.35. The number of rotatable bonds is 4. The van der Waals surface area contributed by atoms with Gasteiger partial charge in [0.2, 0.25) is 0 Å². The summed E-state index contributed by atoms with van der Waals surface area (Å²) >= 11 is 0. The van der Waals surface area contributed by atoms with E-state index in [0.717, 1.165) is 16.6 Å². The Balaban J connectivity index is 1.23. The number of H-pyrrole nitrogens is 2. The van der Waals surface area contributed by atoms with Crippen LogP contribution in [-0.4, -0.2) is 62.8 Å². The fraction of sp³-hybridized carbons (Fsp3) is 0.154. The van der Waals surface area contributed by atoms with Gasteiger partial charge in [-0.3, -0.25) is 4.79 Å². The number of morpholine rings is 1. The van der Waals surface area contributed by atoms with Crippen LogP contribution >= 0.6 is 0 Å². The number of imidazole rings is 1. The van der Waals surface area contributed by atoms with E-state index in [-0.39, 0.29) is 5.91 Å². The van der Waals surface area contributed by atoms with Crippen LogP contribution < -0.4 is 0 Å². The zero-order valence-corrected chi connectivity index (χ0v) is 18.3. The maximum atomic E-state index is 12.6. The van der Waals surface area contributed by atoms with Crippen molar-refractivity contribution in [3.63, 3.8) is 0 Å². The Morgan fingerprint density at radius 2 is 1.88 bits per heavy atom. The first-order valence-electron chi connectivity index (χ1n) is 10.9. The molecule has 8 nitrogen and oxygen atoms in total. The first-order valence-corrected chi connectivity index (χ1v) is 10.9. The fourth-order valence-corrected chi connectivity index (χ4v) is 3.68. The van der Waals surface area contributed by atoms with Crippen molar-refractivity contribution >= 4 is 28.7 Å². The number of hydrogen-bond acceptors (Lipinski definition) is 5. The first kappa shape index (κ1) is 21.4. The predicted octanol–water partition coefficient (Wildman–Crippen LogP) is 3.24. The molecule has 1 aliphatic rings. The second-order valence-electron chi connectivity index (χ2n) is 7.76. The van der Waals surface area contributed by atoms with Gasteiger partial charge in [0, 0.05) is 36.4 Å². The van der Waals surface area contributed by atoms with Gasteiger partial charge in [-0.15, -0.1) is 0 Å². The number of amides is 1. The molecule has 1 aliphatic heterocycles. The number of aromatic nitrogens is 4. The second kappa shape index (κ2) is 9.57. The van der Waals surface area contributed by atoms with Crippen molar-refractivity contribution in [2.45, 2.75) is 0 Å². The lowest BCUT2D eigenvalue weighted by atomic mass is 10.1. The van der Waals surface area contributed by atoms with Gasteiger partial charge in [-0.2, -0.15) is 0 Å². The average molecular weight is 451 g/mol. The quantitative estimate of drug-likeness (QED) is 0.327. The van der Waals surface area contributed by atoms with Gasteiger partial charge in [0.25, 0.3) is 5.91 Å². The Kier molecular flexibility index (Phi) is 6.01. The Labute approximate surface area is 196 Å². The molecule has 1 aromatic carbocycles. The van der Waals surface area contributed by atoms with Gasteiger partial charge in [0.05, 0.1) is 30.7 Å². The van der Waals surface area contributed by atoms with Gasteiger partial charge in [-0.05, 0) is 47.9 Å². The van der Waals surface area contributed by atoms with Crippen LogP contribution in [-0.2, 0) is 4.74 Å². The minimum Gasteiger partial charge on any atom is -0.378 e. The zero-order valence-electron chi connectivity index (χ0n) is 18.3. The van der Waals surface area contributed by atoms with Crippen LogP contribution in [0.5, 0.6) is 0 Å². The van der Waals surface area contributed by atoms with E-state index in [1.54, 1.807) is 53.7 Å². The van der Waals surface area contributed by atoms with Gasteiger partial charge < -0.3 is 25.0 Å². The van der Waals surface area contributed by atoms with Crippen molar-refractivity contribution < 1.29 is 9.53 Å². The highest BCUT2D eigenvalue weighted by Gasteiger charge is 2.18. The number of allylic oxidation sites excluding steroid dienone is 1. The smallest absolute Gasteiger partial charge is 0.254 e. The minimum absolute atomic E-state index is 0.00922. The van der Waals surface area contributed by atoms with E-state index in [2.05, 4.69) is 31.8 Å². The summed E-state index contributed by atoms with van der Waals surface area (Å²) in [6.07, 6.45) is 8.63. The Bertz CT molecular complexity index is 1430. The van der Waals surface area contributed by atoms with E-state index < -0.39 is 0 Å². The Morgan fingerprint density at radius 1 is 1.09 bits per heavy atom. The number of benzene rings is 1. The van der Waals surface area contributed by atoms with Crippen molar-refractivity contribution in [1.82, 2.24) is 24.8 Å². The van der Waals surface area contributed by atoms with Crippen molar-refractivity contribution in [3.8, 4) is 11.8 Å². The van der Waals surface area contributed by atoms with Crippen LogP contribution in [0.2, 0.25) is 0 Å². The molecule has 0 aliphatic carbocycles. The third-order valence-corrected chi connectivity index (χ3v) is 5.53. The number of fused-ring (bicyclic) bond motifs is 1. The standard InChI is InChI=1S/C26H22N6O2/c27-23(18-3-5-19(6-4-18)26(33)32-12-14-34-15-13-32)9-10-24-29-17-21(31-24)8-7-20-16-30-25-22(20)2-1-11-28-25/h1-6,9-11,16-17,27H,12-15H2,(H,28,30)(H,29,31)/b10-9-,27-23?. The largest absolute Gasteiger partial charge is 0.378 e. The zero-order chi connectivity index (χ0) is 23.3. The molecular formula is C26H22N6O2. The van der Waals surface area contributed by atoms with Crippen LogP contribution in [0.4, 0.5) is 0 Å². The Morgan fingerprint density at radius 3 is 2.71 bits per heavy atom. The molecule has 1 saturated heterocycles. The summed E-state index contributed by atoms with van der Waals surface area (Å²) in [5.74, 6) is 6.80. The first-order chi connectivity index (χ1) is 16.7. The molecule has 3 aromatic heterocycles. The third-order valence-electron chi connectivity index (χ3n) is 5.53. The molecule has 1 amide bonds. The van der Waals surface area contributed by atoms with Gasteiger partial charge >= 0.3 is 0 Å². The van der Waals surface area contributed by atoms with E-state index >= 15 is 0 Å². The van der Waals surface area contributed by atoms with E-state index in [9.17, 15) is 4.79 Å². The SMILES string of the molecule is N=C(/C=C\c1ncc(C#Cc2c[nH]c3ncccc23)[nH]1)c1ccc(C(=O)N2CCOCC2)cc1. The lowest BCUT2D eigenvalue weighted by Gasteiger charge is -2.26. The predicted molar refractivity (Wildman–Crippen MR) is 130 cm³/mol. The van der Waals surface area contributed by atoms with Crippen molar-refractivity contribution in [3.05, 3.63) is 89.3 Å². The van der Waals surface area contributed by atoms with Crippen LogP contribution in [0.15, 0.2) is 61.1 Å². The molecule has 1 fully saturated rings. The lowest BCUT2D eigenvalue weighted by Crippen LogP contribution is -2.40. The molecule has 4 heterocycles. The number of nitrogens with zero attached hydrogens (tertiary/aromatic N) is 3. The highest BCUT2D eigenvalue weighted by Crippen LogP contribution is 2.14. The second-order valence-corrected chi connectivity index (χ2v) is 7.76.